The molecule has 0 spiro atoms. The molecule has 3 atom stereocenters. The van der Waals surface area contributed by atoms with Gasteiger partial charge in [0.2, 0.25) is 0 Å². The highest BCUT2D eigenvalue weighted by atomic mass is 19.1. The number of halogens is 1. The molecule has 2 fully saturated rings. The Kier molecular flexibility index (Phi) is 3.48. The molecule has 0 aliphatic heterocycles. The minimum atomic E-state index is -0.972. The second kappa shape index (κ2) is 5.50. The SMILES string of the molecule is N[C@H]1CC[C@H](Nc2cc(C(F)C3CCC3)nc3ccnn23)C1. The molecule has 2 aromatic rings. The maximum atomic E-state index is 14.6. The van der Waals surface area contributed by atoms with Crippen LogP contribution in [0.4, 0.5) is 10.2 Å². The molecule has 2 saturated carbocycles. The van der Waals surface area contributed by atoms with Gasteiger partial charge < -0.3 is 11.1 Å². The summed E-state index contributed by atoms with van der Waals surface area (Å²) in [6.07, 6.45) is 6.82. The molecule has 2 aliphatic rings. The van der Waals surface area contributed by atoms with Crippen LogP contribution < -0.4 is 11.1 Å². The van der Waals surface area contributed by atoms with E-state index in [-0.39, 0.29) is 12.0 Å². The first kappa shape index (κ1) is 13.9. The second-order valence-electron chi connectivity index (χ2n) is 6.67. The van der Waals surface area contributed by atoms with Crippen LogP contribution in [0.15, 0.2) is 18.3 Å². The van der Waals surface area contributed by atoms with Gasteiger partial charge in [0.25, 0.3) is 0 Å². The van der Waals surface area contributed by atoms with Crippen molar-refractivity contribution in [1.82, 2.24) is 14.6 Å². The first-order valence-electron chi connectivity index (χ1n) is 8.21. The van der Waals surface area contributed by atoms with Crippen LogP contribution in [0.2, 0.25) is 0 Å². The number of alkyl halides is 1. The molecular weight excluding hydrogens is 281 g/mol. The third-order valence-electron chi connectivity index (χ3n) is 5.05. The van der Waals surface area contributed by atoms with Crippen LogP contribution in [0.1, 0.15) is 50.4 Å². The number of rotatable bonds is 4. The predicted octanol–water partition coefficient (Wildman–Crippen LogP) is 2.83. The van der Waals surface area contributed by atoms with Crippen molar-refractivity contribution in [2.45, 2.75) is 56.8 Å². The largest absolute Gasteiger partial charge is 0.367 e. The highest BCUT2D eigenvalue weighted by Crippen LogP contribution is 2.40. The van der Waals surface area contributed by atoms with Crippen molar-refractivity contribution in [3.05, 3.63) is 24.0 Å². The number of anilines is 1. The topological polar surface area (TPSA) is 68.2 Å². The van der Waals surface area contributed by atoms with E-state index in [1.165, 1.54) is 0 Å². The summed E-state index contributed by atoms with van der Waals surface area (Å²) in [5, 5.41) is 7.78. The summed E-state index contributed by atoms with van der Waals surface area (Å²) in [5.74, 6) is 0.955. The zero-order valence-electron chi connectivity index (χ0n) is 12.6. The Morgan fingerprint density at radius 1 is 1.32 bits per heavy atom. The molecule has 0 radical (unpaired) electrons. The van der Waals surface area contributed by atoms with Crippen LogP contribution in [0, 0.1) is 5.92 Å². The Hall–Kier alpha value is -1.69. The first-order chi connectivity index (χ1) is 10.7. The average molecular weight is 303 g/mol. The normalized spacial score (nSPS) is 27.0. The van der Waals surface area contributed by atoms with Crippen molar-refractivity contribution >= 4 is 11.5 Å². The molecule has 0 aromatic carbocycles. The lowest BCUT2D eigenvalue weighted by atomic mass is 9.81. The third-order valence-corrected chi connectivity index (χ3v) is 5.05. The van der Waals surface area contributed by atoms with Crippen LogP contribution in [0.25, 0.3) is 5.65 Å². The van der Waals surface area contributed by atoms with Crippen LogP contribution in [-0.4, -0.2) is 26.7 Å². The Labute approximate surface area is 129 Å². The highest BCUT2D eigenvalue weighted by Gasteiger charge is 2.30. The van der Waals surface area contributed by atoms with E-state index in [0.29, 0.717) is 17.4 Å². The van der Waals surface area contributed by atoms with Crippen LogP contribution >= 0.6 is 0 Å². The summed E-state index contributed by atoms with van der Waals surface area (Å²) >= 11 is 0. The summed E-state index contributed by atoms with van der Waals surface area (Å²) < 4.78 is 16.4. The van der Waals surface area contributed by atoms with Gasteiger partial charge in [-0.2, -0.15) is 9.61 Å². The van der Waals surface area contributed by atoms with E-state index in [2.05, 4.69) is 15.4 Å². The fourth-order valence-corrected chi connectivity index (χ4v) is 3.51. The van der Waals surface area contributed by atoms with Crippen molar-refractivity contribution in [2.75, 3.05) is 5.32 Å². The van der Waals surface area contributed by atoms with Gasteiger partial charge in [-0.15, -0.1) is 0 Å². The summed E-state index contributed by atoms with van der Waals surface area (Å²) in [5.41, 5.74) is 7.21. The van der Waals surface area contributed by atoms with E-state index in [4.69, 9.17) is 5.73 Å². The molecule has 1 unspecified atom stereocenters. The average Bonchev–Trinajstić information content (AvgIpc) is 3.05. The van der Waals surface area contributed by atoms with Gasteiger partial charge in [-0.05, 0) is 38.0 Å². The van der Waals surface area contributed by atoms with Crippen molar-refractivity contribution in [1.29, 1.82) is 0 Å². The highest BCUT2D eigenvalue weighted by molar-refractivity contribution is 5.50. The molecule has 0 saturated heterocycles. The van der Waals surface area contributed by atoms with E-state index in [0.717, 1.165) is 44.3 Å². The molecular formula is C16H22FN5. The molecule has 2 aromatic heterocycles. The van der Waals surface area contributed by atoms with Gasteiger partial charge in [0.1, 0.15) is 12.0 Å². The third kappa shape index (κ3) is 2.45. The number of fused-ring (bicyclic) bond motifs is 1. The number of hydrogen-bond donors (Lipinski definition) is 2. The fraction of sp³-hybridized carbons (Fsp3) is 0.625. The second-order valence-corrected chi connectivity index (χ2v) is 6.67. The van der Waals surface area contributed by atoms with E-state index < -0.39 is 6.17 Å². The van der Waals surface area contributed by atoms with Gasteiger partial charge in [0.15, 0.2) is 5.65 Å². The smallest absolute Gasteiger partial charge is 0.157 e. The monoisotopic (exact) mass is 303 g/mol. The lowest BCUT2D eigenvalue weighted by Crippen LogP contribution is -2.23. The maximum Gasteiger partial charge on any atom is 0.157 e. The number of hydrogen-bond acceptors (Lipinski definition) is 4. The number of nitrogens with zero attached hydrogens (tertiary/aromatic N) is 3. The van der Waals surface area contributed by atoms with Gasteiger partial charge in [-0.1, -0.05) is 6.42 Å². The van der Waals surface area contributed by atoms with Crippen molar-refractivity contribution < 1.29 is 4.39 Å². The van der Waals surface area contributed by atoms with E-state index >= 15 is 0 Å². The Balaban J connectivity index is 1.64. The molecule has 0 bridgehead atoms. The van der Waals surface area contributed by atoms with Crippen LogP contribution in [0.5, 0.6) is 0 Å². The van der Waals surface area contributed by atoms with Gasteiger partial charge in [0, 0.05) is 24.2 Å². The van der Waals surface area contributed by atoms with Gasteiger partial charge in [0.05, 0.1) is 11.9 Å². The molecule has 2 aliphatic carbocycles. The quantitative estimate of drug-likeness (QED) is 0.911. The number of nitrogens with one attached hydrogen (secondary N) is 1. The van der Waals surface area contributed by atoms with E-state index in [1.807, 2.05) is 12.1 Å². The van der Waals surface area contributed by atoms with E-state index in [1.54, 1.807) is 10.7 Å². The Morgan fingerprint density at radius 2 is 2.18 bits per heavy atom. The lowest BCUT2D eigenvalue weighted by molar-refractivity contribution is 0.146. The number of nitrogens with two attached hydrogens (primary N) is 1. The summed E-state index contributed by atoms with van der Waals surface area (Å²) in [4.78, 5) is 4.45. The zero-order chi connectivity index (χ0) is 15.1. The Bertz CT molecular complexity index is 666. The lowest BCUT2D eigenvalue weighted by Gasteiger charge is -2.28. The molecule has 0 amide bonds. The minimum absolute atomic E-state index is 0.130. The van der Waals surface area contributed by atoms with Crippen molar-refractivity contribution in [3.63, 3.8) is 0 Å². The molecule has 4 rings (SSSR count). The number of aromatic nitrogens is 3. The molecule has 22 heavy (non-hydrogen) atoms. The van der Waals surface area contributed by atoms with Crippen molar-refractivity contribution in [2.24, 2.45) is 11.7 Å². The zero-order valence-corrected chi connectivity index (χ0v) is 12.6. The predicted molar refractivity (Wildman–Crippen MR) is 83.4 cm³/mol. The Morgan fingerprint density at radius 3 is 2.86 bits per heavy atom. The first-order valence-corrected chi connectivity index (χ1v) is 8.21. The maximum absolute atomic E-state index is 14.6. The van der Waals surface area contributed by atoms with E-state index in [9.17, 15) is 4.39 Å². The molecule has 5 nitrogen and oxygen atoms in total. The molecule has 6 heteroatoms. The summed E-state index contributed by atoms with van der Waals surface area (Å²) in [6, 6.07) is 4.24. The molecule has 2 heterocycles. The van der Waals surface area contributed by atoms with Gasteiger partial charge >= 0.3 is 0 Å². The van der Waals surface area contributed by atoms with Gasteiger partial charge in [-0.3, -0.25) is 0 Å². The minimum Gasteiger partial charge on any atom is -0.367 e. The van der Waals surface area contributed by atoms with Crippen LogP contribution in [0.3, 0.4) is 0 Å². The molecule has 3 N–H and O–H groups in total. The van der Waals surface area contributed by atoms with Crippen molar-refractivity contribution in [3.8, 4) is 0 Å². The standard InChI is InChI=1S/C16H22FN5/c17-16(10-2-1-3-10)13-9-15(20-12-5-4-11(18)8-12)22-14(21-13)6-7-19-22/h6-7,9-12,16,20H,1-5,8,18H2/t11-,12-,16?/m0/s1. The van der Waals surface area contributed by atoms with Crippen LogP contribution in [-0.2, 0) is 0 Å². The van der Waals surface area contributed by atoms with Gasteiger partial charge in [-0.25, -0.2) is 9.37 Å². The summed E-state index contributed by atoms with van der Waals surface area (Å²) in [7, 11) is 0. The summed E-state index contributed by atoms with van der Waals surface area (Å²) in [6.45, 7) is 0. The molecule has 118 valence electrons. The fourth-order valence-electron chi connectivity index (χ4n) is 3.51.